The number of hydrogen-bond acceptors (Lipinski definition) is 3. The monoisotopic (exact) mass is 222 g/mol. The molecule has 0 aromatic heterocycles. The molecule has 0 unspecified atom stereocenters. The Morgan fingerprint density at radius 2 is 2.14 bits per heavy atom. The van der Waals surface area contributed by atoms with Gasteiger partial charge in [-0.05, 0) is 6.42 Å². The number of nitrogens with zero attached hydrogens (tertiary/aromatic N) is 1. The van der Waals surface area contributed by atoms with E-state index >= 15 is 0 Å². The minimum absolute atomic E-state index is 0.211. The minimum atomic E-state index is -0.491. The van der Waals surface area contributed by atoms with Crippen LogP contribution in [0.15, 0.2) is 0 Å². The van der Waals surface area contributed by atoms with E-state index < -0.39 is 11.9 Å². The van der Waals surface area contributed by atoms with Crippen molar-refractivity contribution >= 4 is 23.5 Å². The zero-order valence-corrected chi connectivity index (χ0v) is 9.13. The van der Waals surface area contributed by atoms with Crippen molar-refractivity contribution in [3.05, 3.63) is 0 Å². The number of ether oxygens (including phenoxy) is 1. The van der Waals surface area contributed by atoms with Crippen LogP contribution in [-0.2, 0) is 9.53 Å². The number of carbonyl (C=O) groups excluding carboxylic acids is 2. The first-order chi connectivity index (χ1) is 6.61. The van der Waals surface area contributed by atoms with Crippen molar-refractivity contribution in [2.75, 3.05) is 33.2 Å². The van der Waals surface area contributed by atoms with Crippen molar-refractivity contribution in [1.82, 2.24) is 10.2 Å². The highest BCUT2D eigenvalue weighted by Crippen LogP contribution is 1.89. The summed E-state index contributed by atoms with van der Waals surface area (Å²) in [6, 6.07) is -0.438. The average Bonchev–Trinajstić information content (AvgIpc) is 2.17. The van der Waals surface area contributed by atoms with Gasteiger partial charge >= 0.3 is 6.03 Å². The van der Waals surface area contributed by atoms with Crippen LogP contribution >= 0.6 is 11.6 Å². The number of alkyl halides is 1. The standard InChI is InChI=1S/C8H15ClN2O3/c1-11(4-3-5-14-2)8(13)10-7(12)6-9/h3-6H2,1-2H3,(H,10,12,13). The summed E-state index contributed by atoms with van der Waals surface area (Å²) in [6.07, 6.45) is 0.732. The van der Waals surface area contributed by atoms with E-state index in [1.165, 1.54) is 4.90 Å². The van der Waals surface area contributed by atoms with Crippen molar-refractivity contribution in [2.24, 2.45) is 0 Å². The van der Waals surface area contributed by atoms with E-state index in [1.54, 1.807) is 14.2 Å². The predicted octanol–water partition coefficient (Wildman–Crippen LogP) is 0.430. The first kappa shape index (κ1) is 13.2. The zero-order valence-electron chi connectivity index (χ0n) is 8.38. The second-order valence-electron chi connectivity index (χ2n) is 2.75. The number of hydrogen-bond donors (Lipinski definition) is 1. The lowest BCUT2D eigenvalue weighted by Crippen LogP contribution is -2.41. The summed E-state index contributed by atoms with van der Waals surface area (Å²) < 4.78 is 4.83. The van der Waals surface area contributed by atoms with Gasteiger partial charge in [0.1, 0.15) is 5.88 Å². The number of halogens is 1. The van der Waals surface area contributed by atoms with Crippen LogP contribution in [0.3, 0.4) is 0 Å². The van der Waals surface area contributed by atoms with Crippen molar-refractivity contribution < 1.29 is 14.3 Å². The van der Waals surface area contributed by atoms with Gasteiger partial charge in [-0.25, -0.2) is 4.79 Å². The molecule has 14 heavy (non-hydrogen) atoms. The number of methoxy groups -OCH3 is 1. The molecule has 0 aliphatic rings. The second-order valence-corrected chi connectivity index (χ2v) is 3.02. The molecule has 0 bridgehead atoms. The Balaban J connectivity index is 3.70. The number of imide groups is 1. The number of urea groups is 1. The molecule has 0 spiro atoms. The summed E-state index contributed by atoms with van der Waals surface area (Å²) >= 11 is 5.22. The highest BCUT2D eigenvalue weighted by Gasteiger charge is 2.10. The van der Waals surface area contributed by atoms with Gasteiger partial charge < -0.3 is 9.64 Å². The summed E-state index contributed by atoms with van der Waals surface area (Å²) in [4.78, 5) is 23.3. The molecule has 0 fully saturated rings. The van der Waals surface area contributed by atoms with Gasteiger partial charge in [0.05, 0.1) is 0 Å². The molecule has 0 radical (unpaired) electrons. The highest BCUT2D eigenvalue weighted by atomic mass is 35.5. The SMILES string of the molecule is COCCCN(C)C(=O)NC(=O)CCl. The van der Waals surface area contributed by atoms with E-state index in [1.807, 2.05) is 0 Å². The van der Waals surface area contributed by atoms with Crippen LogP contribution in [-0.4, -0.2) is 50.0 Å². The maximum Gasteiger partial charge on any atom is 0.323 e. The molecule has 0 saturated heterocycles. The second kappa shape index (κ2) is 7.58. The Bertz CT molecular complexity index is 199. The lowest BCUT2D eigenvalue weighted by atomic mass is 10.4. The number of carbonyl (C=O) groups is 2. The van der Waals surface area contributed by atoms with Crippen LogP contribution in [0, 0.1) is 0 Å². The zero-order chi connectivity index (χ0) is 11.0. The Kier molecular flexibility index (Phi) is 7.14. The van der Waals surface area contributed by atoms with Crippen molar-refractivity contribution in [3.8, 4) is 0 Å². The third kappa shape index (κ3) is 5.77. The third-order valence-corrected chi connectivity index (χ3v) is 1.80. The molecule has 5 nitrogen and oxygen atoms in total. The van der Waals surface area contributed by atoms with Gasteiger partial charge in [0.2, 0.25) is 5.91 Å². The molecule has 3 amide bonds. The summed E-state index contributed by atoms with van der Waals surface area (Å²) in [7, 11) is 3.20. The highest BCUT2D eigenvalue weighted by molar-refractivity contribution is 6.28. The van der Waals surface area contributed by atoms with Crippen LogP contribution in [0.5, 0.6) is 0 Å². The van der Waals surface area contributed by atoms with Gasteiger partial charge in [0.25, 0.3) is 0 Å². The molecule has 0 atom stereocenters. The molecule has 0 aliphatic heterocycles. The minimum Gasteiger partial charge on any atom is -0.385 e. The third-order valence-electron chi connectivity index (χ3n) is 1.56. The van der Waals surface area contributed by atoms with Crippen LogP contribution in [0.2, 0.25) is 0 Å². The molecule has 82 valence electrons. The number of rotatable bonds is 5. The van der Waals surface area contributed by atoms with Crippen molar-refractivity contribution in [1.29, 1.82) is 0 Å². The lowest BCUT2D eigenvalue weighted by Gasteiger charge is -2.16. The van der Waals surface area contributed by atoms with E-state index in [-0.39, 0.29) is 5.88 Å². The quantitative estimate of drug-likeness (QED) is 0.542. The van der Waals surface area contributed by atoms with E-state index in [4.69, 9.17) is 16.3 Å². The van der Waals surface area contributed by atoms with Crippen LogP contribution < -0.4 is 5.32 Å². The first-order valence-electron chi connectivity index (χ1n) is 4.21. The van der Waals surface area contributed by atoms with E-state index in [2.05, 4.69) is 5.32 Å². The maximum atomic E-state index is 11.2. The van der Waals surface area contributed by atoms with Crippen molar-refractivity contribution in [3.63, 3.8) is 0 Å². The molecule has 0 heterocycles. The first-order valence-corrected chi connectivity index (χ1v) is 4.75. The van der Waals surface area contributed by atoms with Gasteiger partial charge in [-0.1, -0.05) is 0 Å². The largest absolute Gasteiger partial charge is 0.385 e. The average molecular weight is 223 g/mol. The smallest absolute Gasteiger partial charge is 0.323 e. The predicted molar refractivity (Wildman–Crippen MR) is 53.4 cm³/mol. The summed E-state index contributed by atoms with van der Waals surface area (Å²) in [5.74, 6) is -0.701. The maximum absolute atomic E-state index is 11.2. The Morgan fingerprint density at radius 1 is 1.50 bits per heavy atom. The van der Waals surface area contributed by atoms with Gasteiger partial charge in [-0.2, -0.15) is 0 Å². The molecule has 0 aromatic carbocycles. The van der Waals surface area contributed by atoms with Crippen LogP contribution in [0.4, 0.5) is 4.79 Å². The fourth-order valence-electron chi connectivity index (χ4n) is 0.796. The molecule has 0 rings (SSSR count). The van der Waals surface area contributed by atoms with Crippen LogP contribution in [0.25, 0.3) is 0 Å². The summed E-state index contributed by atoms with van der Waals surface area (Å²) in [5, 5.41) is 2.13. The fourth-order valence-corrected chi connectivity index (χ4v) is 0.863. The van der Waals surface area contributed by atoms with Gasteiger partial charge in [-0.15, -0.1) is 11.6 Å². The molecular formula is C8H15ClN2O3. The molecular weight excluding hydrogens is 208 g/mol. The number of nitrogens with one attached hydrogen (secondary N) is 1. The Hall–Kier alpha value is -0.810. The topological polar surface area (TPSA) is 58.6 Å². The van der Waals surface area contributed by atoms with Crippen LogP contribution in [0.1, 0.15) is 6.42 Å². The molecule has 1 N–H and O–H groups in total. The Labute approximate surface area is 88.3 Å². The fraction of sp³-hybridized carbons (Fsp3) is 0.750. The lowest BCUT2D eigenvalue weighted by molar-refractivity contribution is -0.117. The van der Waals surface area contributed by atoms with Crippen molar-refractivity contribution in [2.45, 2.75) is 6.42 Å². The van der Waals surface area contributed by atoms with Gasteiger partial charge in [0, 0.05) is 27.3 Å². The molecule has 0 aromatic rings. The van der Waals surface area contributed by atoms with Gasteiger partial charge in [-0.3, -0.25) is 10.1 Å². The number of amides is 3. The molecule has 6 heteroatoms. The molecule has 0 saturated carbocycles. The summed E-state index contributed by atoms with van der Waals surface area (Å²) in [6.45, 7) is 1.12. The normalized spacial score (nSPS) is 9.64. The van der Waals surface area contributed by atoms with E-state index in [0.717, 1.165) is 6.42 Å². The summed E-state index contributed by atoms with van der Waals surface area (Å²) in [5.41, 5.74) is 0. The van der Waals surface area contributed by atoms with Gasteiger partial charge in [0.15, 0.2) is 0 Å². The Morgan fingerprint density at radius 3 is 2.64 bits per heavy atom. The molecule has 0 aliphatic carbocycles. The van der Waals surface area contributed by atoms with E-state index in [9.17, 15) is 9.59 Å². The van der Waals surface area contributed by atoms with E-state index in [0.29, 0.717) is 13.2 Å².